The SMILES string of the molecule is C=NCCCCC(N=C)C(=O)OC1CC(C)(C)C(/C=C/C(C)=C/C=C/C(C)=C/C=C/C=C(C)/C=C/C=C(C)/C=C/C)=C(C)C1=O. The molecule has 0 aliphatic heterocycles. The highest BCUT2D eigenvalue weighted by Crippen LogP contribution is 2.41. The predicted molar refractivity (Wildman–Crippen MR) is 194 cm³/mol. The van der Waals surface area contributed by atoms with Gasteiger partial charge in [-0.2, -0.15) is 0 Å². The van der Waals surface area contributed by atoms with E-state index in [9.17, 15) is 9.59 Å². The second-order valence-corrected chi connectivity index (χ2v) is 12.1. The monoisotopic (exact) mass is 610 g/mol. The highest BCUT2D eigenvalue weighted by Gasteiger charge is 2.40. The van der Waals surface area contributed by atoms with Crippen molar-refractivity contribution < 1.29 is 14.3 Å². The van der Waals surface area contributed by atoms with E-state index in [1.54, 1.807) is 0 Å². The molecule has 0 amide bonds. The largest absolute Gasteiger partial charge is 0.452 e. The number of carbonyl (C=O) groups excluding carboxylic acids is 2. The van der Waals surface area contributed by atoms with Gasteiger partial charge in [0.05, 0.1) is 0 Å². The zero-order chi connectivity index (χ0) is 33.8. The maximum atomic E-state index is 13.2. The first kappa shape index (κ1) is 38.9. The number of hydrogen-bond donors (Lipinski definition) is 0. The van der Waals surface area contributed by atoms with Crippen molar-refractivity contribution in [3.8, 4) is 0 Å². The van der Waals surface area contributed by atoms with E-state index in [2.05, 4.69) is 101 Å². The molecule has 2 atom stereocenters. The second-order valence-electron chi connectivity index (χ2n) is 12.1. The first-order valence-electron chi connectivity index (χ1n) is 15.7. The van der Waals surface area contributed by atoms with Crippen molar-refractivity contribution in [2.45, 2.75) is 93.2 Å². The first-order chi connectivity index (χ1) is 21.4. The number of rotatable bonds is 17. The van der Waals surface area contributed by atoms with Crippen LogP contribution in [0.4, 0.5) is 0 Å². The summed E-state index contributed by atoms with van der Waals surface area (Å²) in [6, 6.07) is -0.680. The normalized spacial score (nSPS) is 19.6. The fourth-order valence-electron chi connectivity index (χ4n) is 4.88. The molecule has 0 aromatic carbocycles. The maximum Gasteiger partial charge on any atom is 0.331 e. The number of allylic oxidation sites excluding steroid dienone is 19. The van der Waals surface area contributed by atoms with Gasteiger partial charge in [-0.3, -0.25) is 9.79 Å². The third kappa shape index (κ3) is 14.9. The number of Topliss-reactive ketones (excluding diaryl/α,β-unsaturated/α-hetero) is 1. The Morgan fingerprint density at radius 1 is 0.889 bits per heavy atom. The van der Waals surface area contributed by atoms with Crippen LogP contribution in [0.1, 0.15) is 81.1 Å². The lowest BCUT2D eigenvalue weighted by atomic mass is 9.71. The van der Waals surface area contributed by atoms with Gasteiger partial charge >= 0.3 is 5.97 Å². The van der Waals surface area contributed by atoms with E-state index in [-0.39, 0.29) is 11.2 Å². The fraction of sp³-hybridized carbons (Fsp3) is 0.400. The van der Waals surface area contributed by atoms with Crippen LogP contribution in [0, 0.1) is 5.41 Å². The highest BCUT2D eigenvalue weighted by atomic mass is 16.5. The van der Waals surface area contributed by atoms with Crippen LogP contribution in [0.2, 0.25) is 0 Å². The van der Waals surface area contributed by atoms with Crippen LogP contribution in [0.5, 0.6) is 0 Å². The number of ketones is 1. The van der Waals surface area contributed by atoms with Gasteiger partial charge in [0.2, 0.25) is 0 Å². The topological polar surface area (TPSA) is 68.1 Å². The minimum atomic E-state index is -0.822. The van der Waals surface area contributed by atoms with Crippen molar-refractivity contribution in [2.24, 2.45) is 15.4 Å². The van der Waals surface area contributed by atoms with Crippen LogP contribution in [0.25, 0.3) is 0 Å². The summed E-state index contributed by atoms with van der Waals surface area (Å²) in [5, 5.41) is 0. The van der Waals surface area contributed by atoms with Crippen LogP contribution in [-0.4, -0.2) is 43.9 Å². The predicted octanol–water partition coefficient (Wildman–Crippen LogP) is 9.74. The van der Waals surface area contributed by atoms with E-state index >= 15 is 0 Å². The molecule has 242 valence electrons. The Bertz CT molecular complexity index is 1350. The third-order valence-corrected chi connectivity index (χ3v) is 7.49. The van der Waals surface area contributed by atoms with Gasteiger partial charge in [0, 0.05) is 13.0 Å². The van der Waals surface area contributed by atoms with Crippen molar-refractivity contribution in [1.29, 1.82) is 0 Å². The molecule has 45 heavy (non-hydrogen) atoms. The quantitative estimate of drug-likeness (QED) is 0.0712. The van der Waals surface area contributed by atoms with E-state index in [0.717, 1.165) is 29.6 Å². The van der Waals surface area contributed by atoms with Crippen molar-refractivity contribution in [3.05, 3.63) is 119 Å². The lowest BCUT2D eigenvalue weighted by Crippen LogP contribution is -2.40. The zero-order valence-electron chi connectivity index (χ0n) is 28.8. The van der Waals surface area contributed by atoms with E-state index in [0.29, 0.717) is 25.0 Å². The summed E-state index contributed by atoms with van der Waals surface area (Å²) in [7, 11) is 0. The van der Waals surface area contributed by atoms with E-state index < -0.39 is 18.1 Å². The van der Waals surface area contributed by atoms with E-state index in [1.165, 1.54) is 11.1 Å². The molecule has 0 saturated heterocycles. The summed E-state index contributed by atoms with van der Waals surface area (Å²) in [5.74, 6) is -0.653. The minimum absolute atomic E-state index is 0.159. The van der Waals surface area contributed by atoms with Gasteiger partial charge in [-0.1, -0.05) is 121 Å². The fourth-order valence-corrected chi connectivity index (χ4v) is 4.88. The van der Waals surface area contributed by atoms with Gasteiger partial charge in [-0.15, -0.1) is 0 Å². The Hall–Kier alpha value is -4.12. The number of carbonyl (C=O) groups is 2. The summed E-state index contributed by atoms with van der Waals surface area (Å²) in [4.78, 5) is 33.8. The average molecular weight is 611 g/mol. The number of hydrogen-bond acceptors (Lipinski definition) is 5. The van der Waals surface area contributed by atoms with Crippen LogP contribution in [0.15, 0.2) is 128 Å². The first-order valence-corrected chi connectivity index (χ1v) is 15.7. The molecular formula is C40H54N2O3. The van der Waals surface area contributed by atoms with Crippen molar-refractivity contribution in [3.63, 3.8) is 0 Å². The Labute approximate surface area is 272 Å². The number of nitrogens with zero attached hydrogens (tertiary/aromatic N) is 2. The second kappa shape index (κ2) is 20.8. The van der Waals surface area contributed by atoms with Crippen molar-refractivity contribution in [2.75, 3.05) is 6.54 Å². The van der Waals surface area contributed by atoms with Crippen molar-refractivity contribution >= 4 is 25.2 Å². The number of aliphatic imine (C=N–C) groups is 2. The zero-order valence-corrected chi connectivity index (χ0v) is 28.8. The minimum Gasteiger partial charge on any atom is -0.452 e. The molecule has 0 spiro atoms. The maximum absolute atomic E-state index is 13.2. The number of unbranched alkanes of at least 4 members (excludes halogenated alkanes) is 1. The molecule has 1 aliphatic carbocycles. The summed E-state index contributed by atoms with van der Waals surface area (Å²) in [6.07, 6.45) is 30.4. The van der Waals surface area contributed by atoms with Gasteiger partial charge in [-0.25, -0.2) is 4.79 Å². The van der Waals surface area contributed by atoms with Gasteiger partial charge in [0.25, 0.3) is 0 Å². The average Bonchev–Trinajstić information content (AvgIpc) is 2.97. The molecule has 0 bridgehead atoms. The van der Waals surface area contributed by atoms with Crippen LogP contribution >= 0.6 is 0 Å². The molecule has 5 nitrogen and oxygen atoms in total. The molecule has 0 radical (unpaired) electrons. The summed E-state index contributed by atoms with van der Waals surface area (Å²) >= 11 is 0. The van der Waals surface area contributed by atoms with Gasteiger partial charge in [-0.05, 0) is 90.8 Å². The molecular weight excluding hydrogens is 556 g/mol. The molecule has 0 N–H and O–H groups in total. The standard InChI is InChI=1S/C40H54N2O3/c1-11-18-30(2)21-16-22-31(3)19-12-13-20-32(4)23-17-24-33(5)26-27-35-34(6)38(43)37(29-40(35,7)8)45-39(44)36(42-10)25-14-15-28-41-9/h11-13,16-24,26-27,36-37H,9-10,14-15,25,28-29H2,1-8H3/b13-12+,18-11+,22-16+,23-17+,27-26+,30-21+,31-19+,32-20+,33-24+. The van der Waals surface area contributed by atoms with Gasteiger partial charge < -0.3 is 9.73 Å². The summed E-state index contributed by atoms with van der Waals surface area (Å²) in [6.45, 7) is 23.9. The lowest BCUT2D eigenvalue weighted by Gasteiger charge is -2.36. The van der Waals surface area contributed by atoms with Gasteiger partial charge in [0.1, 0.15) is 6.04 Å². The molecule has 2 unspecified atom stereocenters. The summed E-state index contributed by atoms with van der Waals surface area (Å²) in [5.41, 5.74) is 5.81. The molecule has 0 fully saturated rings. The molecule has 5 heteroatoms. The smallest absolute Gasteiger partial charge is 0.331 e. The molecule has 0 saturated carbocycles. The Kier molecular flexibility index (Phi) is 18.0. The van der Waals surface area contributed by atoms with E-state index in [4.69, 9.17) is 4.74 Å². The van der Waals surface area contributed by atoms with E-state index in [1.807, 2.05) is 63.3 Å². The number of esters is 1. The van der Waals surface area contributed by atoms with Crippen molar-refractivity contribution in [1.82, 2.24) is 0 Å². The van der Waals surface area contributed by atoms with Crippen LogP contribution < -0.4 is 0 Å². The summed E-state index contributed by atoms with van der Waals surface area (Å²) < 4.78 is 5.69. The Morgan fingerprint density at radius 3 is 1.96 bits per heavy atom. The Balaban J connectivity index is 2.85. The molecule has 0 heterocycles. The molecule has 0 aromatic heterocycles. The highest BCUT2D eigenvalue weighted by molar-refractivity contribution is 6.02. The molecule has 0 aromatic rings. The number of ether oxygens (including phenoxy) is 1. The Morgan fingerprint density at radius 2 is 1.42 bits per heavy atom. The van der Waals surface area contributed by atoms with Crippen LogP contribution in [0.3, 0.4) is 0 Å². The van der Waals surface area contributed by atoms with Gasteiger partial charge in [0.15, 0.2) is 11.9 Å². The van der Waals surface area contributed by atoms with Crippen LogP contribution in [-0.2, 0) is 14.3 Å². The molecule has 1 rings (SSSR count). The lowest BCUT2D eigenvalue weighted by molar-refractivity contribution is -0.157. The third-order valence-electron chi connectivity index (χ3n) is 7.49. The molecule has 1 aliphatic rings.